The van der Waals surface area contributed by atoms with Gasteiger partial charge >= 0.3 is 5.97 Å². The van der Waals surface area contributed by atoms with E-state index in [0.29, 0.717) is 0 Å². The molecule has 0 aromatic carbocycles. The first kappa shape index (κ1) is 11.0. The van der Waals surface area contributed by atoms with Gasteiger partial charge in [0.15, 0.2) is 6.10 Å². The third-order valence-corrected chi connectivity index (χ3v) is 1.64. The molecule has 0 radical (unpaired) electrons. The molecule has 78 valence electrons. The molecule has 7 nitrogen and oxygen atoms in total. The van der Waals surface area contributed by atoms with E-state index in [-0.39, 0.29) is 5.56 Å². The van der Waals surface area contributed by atoms with Gasteiger partial charge in [-0.1, -0.05) is 0 Å². The van der Waals surface area contributed by atoms with Gasteiger partial charge in [0.1, 0.15) is 6.10 Å². The molecule has 1 heterocycles. The zero-order valence-corrected chi connectivity index (χ0v) is 7.40. The fraction of sp³-hybridized carbons (Fsp3) is 0.250. The quantitative estimate of drug-likeness (QED) is 0.550. The lowest BCUT2D eigenvalue weighted by molar-refractivity contribution is 0.0521. The summed E-state index contributed by atoms with van der Waals surface area (Å²) in [6, 6.07) is 1.43. The van der Waals surface area contributed by atoms with Crippen LogP contribution in [-0.2, 0) is 0 Å². The zero-order valence-electron chi connectivity index (χ0n) is 7.40. The van der Waals surface area contributed by atoms with Crippen molar-refractivity contribution in [3.05, 3.63) is 23.8 Å². The molecule has 7 heteroatoms. The maximum absolute atomic E-state index is 10.4. The molecule has 1 aromatic rings. The lowest BCUT2D eigenvalue weighted by atomic mass is 10.1. The molecule has 2 unspecified atom stereocenters. The summed E-state index contributed by atoms with van der Waals surface area (Å²) in [4.78, 5) is 17.2. The monoisotopic (exact) mass is 209 g/mol. The molecule has 1 aromatic heterocycles. The van der Waals surface area contributed by atoms with Crippen LogP contribution in [0.2, 0.25) is 0 Å². The van der Waals surface area contributed by atoms with Crippen LogP contribution < -0.4 is 0 Å². The van der Waals surface area contributed by atoms with Crippen LogP contribution in [0.25, 0.3) is 0 Å². The van der Waals surface area contributed by atoms with Gasteiger partial charge in [-0.25, -0.2) is 14.8 Å². The number of aliphatic hydroxyl groups is 2. The van der Waals surface area contributed by atoms with Crippen LogP contribution in [-0.4, -0.2) is 37.4 Å². The Kier molecular flexibility index (Phi) is 3.28. The Morgan fingerprint density at radius 2 is 1.93 bits per heavy atom. The number of nitrogens with zero attached hydrogens (tertiary/aromatic N) is 3. The molecule has 15 heavy (non-hydrogen) atoms. The Morgan fingerprint density at radius 1 is 1.40 bits per heavy atom. The summed E-state index contributed by atoms with van der Waals surface area (Å²) in [5, 5.41) is 35.1. The normalized spacial score (nSPS) is 13.9. The van der Waals surface area contributed by atoms with Gasteiger partial charge in [-0.15, -0.1) is 0 Å². The SMILES string of the molecule is N#CC(O)C(O)c1cnc(C(=O)O)nc1. The van der Waals surface area contributed by atoms with Crippen molar-refractivity contribution in [3.8, 4) is 6.07 Å². The van der Waals surface area contributed by atoms with E-state index in [1.54, 1.807) is 0 Å². The van der Waals surface area contributed by atoms with Gasteiger partial charge in [0, 0.05) is 18.0 Å². The molecule has 0 aliphatic carbocycles. The van der Waals surface area contributed by atoms with E-state index in [1.807, 2.05) is 0 Å². The smallest absolute Gasteiger partial charge is 0.373 e. The van der Waals surface area contributed by atoms with Crippen molar-refractivity contribution in [2.24, 2.45) is 0 Å². The molecule has 0 amide bonds. The highest BCUT2D eigenvalue weighted by molar-refractivity contribution is 5.82. The standard InChI is InChI=1S/C8H7N3O4/c9-1-5(12)6(13)4-2-10-7(8(14)15)11-3-4/h2-3,5-6,12-13H,(H,14,15). The number of rotatable bonds is 3. The number of nitriles is 1. The average molecular weight is 209 g/mol. The largest absolute Gasteiger partial charge is 0.475 e. The van der Waals surface area contributed by atoms with Crippen LogP contribution in [0.4, 0.5) is 0 Å². The maximum Gasteiger partial charge on any atom is 0.373 e. The van der Waals surface area contributed by atoms with Crippen molar-refractivity contribution >= 4 is 5.97 Å². The van der Waals surface area contributed by atoms with Crippen LogP contribution in [0.5, 0.6) is 0 Å². The van der Waals surface area contributed by atoms with Gasteiger partial charge in [0.25, 0.3) is 0 Å². The van der Waals surface area contributed by atoms with E-state index in [9.17, 15) is 9.90 Å². The molecule has 3 N–H and O–H groups in total. The molecule has 0 spiro atoms. The van der Waals surface area contributed by atoms with Gasteiger partial charge in [-0.05, 0) is 0 Å². The molecule has 2 atom stereocenters. The maximum atomic E-state index is 10.4. The van der Waals surface area contributed by atoms with Gasteiger partial charge in [0.2, 0.25) is 5.82 Å². The number of carbonyl (C=O) groups is 1. The highest BCUT2D eigenvalue weighted by Gasteiger charge is 2.19. The second kappa shape index (κ2) is 4.45. The second-order valence-corrected chi connectivity index (χ2v) is 2.66. The van der Waals surface area contributed by atoms with Gasteiger partial charge in [-0.3, -0.25) is 0 Å². The minimum atomic E-state index is -1.59. The minimum Gasteiger partial charge on any atom is -0.475 e. The number of aliphatic hydroxyl groups excluding tert-OH is 2. The van der Waals surface area contributed by atoms with E-state index in [4.69, 9.17) is 15.5 Å². The first-order valence-electron chi connectivity index (χ1n) is 3.87. The zero-order chi connectivity index (χ0) is 11.4. The molecule has 0 fully saturated rings. The van der Waals surface area contributed by atoms with Crippen molar-refractivity contribution in [2.45, 2.75) is 12.2 Å². The van der Waals surface area contributed by atoms with Crippen molar-refractivity contribution in [3.63, 3.8) is 0 Å². The third-order valence-electron chi connectivity index (χ3n) is 1.64. The summed E-state index contributed by atoms with van der Waals surface area (Å²) in [5.41, 5.74) is 0.0778. The third kappa shape index (κ3) is 2.46. The lowest BCUT2D eigenvalue weighted by Gasteiger charge is -2.10. The number of carboxylic acid groups (broad SMARTS) is 1. The average Bonchev–Trinajstić information content (AvgIpc) is 2.27. The van der Waals surface area contributed by atoms with Gasteiger partial charge < -0.3 is 15.3 Å². The van der Waals surface area contributed by atoms with E-state index >= 15 is 0 Å². The predicted octanol–water partition coefficient (Wildman–Crippen LogP) is -0.907. The second-order valence-electron chi connectivity index (χ2n) is 2.66. The van der Waals surface area contributed by atoms with Crippen molar-refractivity contribution in [1.82, 2.24) is 9.97 Å². The van der Waals surface area contributed by atoms with Crippen LogP contribution in [0.1, 0.15) is 22.3 Å². The molecule has 0 saturated carbocycles. The minimum absolute atomic E-state index is 0.0778. The van der Waals surface area contributed by atoms with Crippen LogP contribution in [0.15, 0.2) is 12.4 Å². The Hall–Kier alpha value is -2.04. The molecule has 0 aliphatic heterocycles. The Morgan fingerprint density at radius 3 is 2.33 bits per heavy atom. The highest BCUT2D eigenvalue weighted by atomic mass is 16.4. The molecule has 0 saturated heterocycles. The van der Waals surface area contributed by atoms with E-state index < -0.39 is 24.0 Å². The lowest BCUT2D eigenvalue weighted by Crippen LogP contribution is -2.17. The van der Waals surface area contributed by atoms with Crippen molar-refractivity contribution in [1.29, 1.82) is 5.26 Å². The number of hydrogen-bond donors (Lipinski definition) is 3. The van der Waals surface area contributed by atoms with Gasteiger partial charge in [0.05, 0.1) is 6.07 Å². The Bertz CT molecular complexity index is 397. The van der Waals surface area contributed by atoms with Crippen molar-refractivity contribution < 1.29 is 20.1 Å². The van der Waals surface area contributed by atoms with Crippen LogP contribution in [0.3, 0.4) is 0 Å². The summed E-state index contributed by atoms with van der Waals surface area (Å²) in [7, 11) is 0. The van der Waals surface area contributed by atoms with Crippen LogP contribution in [0, 0.1) is 11.3 Å². The first-order valence-corrected chi connectivity index (χ1v) is 3.87. The fourth-order valence-corrected chi connectivity index (χ4v) is 0.854. The fourth-order valence-electron chi connectivity index (χ4n) is 0.854. The molecular weight excluding hydrogens is 202 g/mol. The molecule has 0 bridgehead atoms. The number of aromatic carboxylic acids is 1. The molecule has 1 rings (SSSR count). The summed E-state index contributed by atoms with van der Waals surface area (Å²) in [5.74, 6) is -1.71. The van der Waals surface area contributed by atoms with Crippen molar-refractivity contribution in [2.75, 3.05) is 0 Å². The first-order chi connectivity index (χ1) is 7.06. The van der Waals surface area contributed by atoms with E-state index in [1.165, 1.54) is 6.07 Å². The summed E-state index contributed by atoms with van der Waals surface area (Å²) >= 11 is 0. The van der Waals surface area contributed by atoms with E-state index in [2.05, 4.69) is 9.97 Å². The number of carboxylic acids is 1. The summed E-state index contributed by atoms with van der Waals surface area (Å²) in [6.07, 6.45) is -0.953. The van der Waals surface area contributed by atoms with E-state index in [0.717, 1.165) is 12.4 Å². The molecule has 0 aliphatic rings. The highest BCUT2D eigenvalue weighted by Crippen LogP contribution is 2.14. The Balaban J connectivity index is 2.90. The predicted molar refractivity (Wildman–Crippen MR) is 45.6 cm³/mol. The number of hydrogen-bond acceptors (Lipinski definition) is 6. The summed E-state index contributed by atoms with van der Waals surface area (Å²) < 4.78 is 0. The molecular formula is C8H7N3O4. The summed E-state index contributed by atoms with van der Waals surface area (Å²) in [6.45, 7) is 0. The van der Waals surface area contributed by atoms with Crippen LogP contribution >= 0.6 is 0 Å². The number of aromatic nitrogens is 2. The Labute approximate surface area is 84.3 Å². The topological polar surface area (TPSA) is 127 Å². The van der Waals surface area contributed by atoms with Gasteiger partial charge in [-0.2, -0.15) is 5.26 Å².